The van der Waals surface area contributed by atoms with E-state index in [1.807, 2.05) is 24.3 Å². The number of aryl methyl sites for hydroxylation is 1. The Morgan fingerprint density at radius 2 is 2.09 bits per heavy atom. The number of fused-ring (bicyclic) bond motifs is 2. The van der Waals surface area contributed by atoms with Crippen molar-refractivity contribution in [3.8, 4) is 6.07 Å². The maximum Gasteiger partial charge on any atom is 0.291 e. The number of thiophene rings is 1. The second-order valence-corrected chi connectivity index (χ2v) is 6.69. The SMILES string of the molecule is N#Cc1c(Nc2nc3ccccc3[nH]c2=O)sc2c1CCCC2. The molecule has 114 valence electrons. The van der Waals surface area contributed by atoms with Crippen LogP contribution in [0.4, 0.5) is 10.8 Å². The van der Waals surface area contributed by atoms with Gasteiger partial charge in [-0.3, -0.25) is 4.79 Å². The highest BCUT2D eigenvalue weighted by molar-refractivity contribution is 7.16. The Kier molecular flexibility index (Phi) is 3.36. The molecule has 0 atom stereocenters. The van der Waals surface area contributed by atoms with E-state index in [2.05, 4.69) is 21.4 Å². The summed E-state index contributed by atoms with van der Waals surface area (Å²) in [4.78, 5) is 20.7. The zero-order valence-corrected chi connectivity index (χ0v) is 13.2. The largest absolute Gasteiger partial charge is 0.326 e. The molecule has 0 amide bonds. The highest BCUT2D eigenvalue weighted by Crippen LogP contribution is 2.38. The van der Waals surface area contributed by atoms with Crippen LogP contribution in [0, 0.1) is 11.3 Å². The number of nitriles is 1. The van der Waals surface area contributed by atoms with E-state index in [1.54, 1.807) is 11.3 Å². The molecule has 1 aromatic carbocycles. The Balaban J connectivity index is 1.79. The number of H-pyrrole nitrogens is 1. The maximum atomic E-state index is 12.2. The number of nitrogens with zero attached hydrogens (tertiary/aromatic N) is 2. The molecule has 4 rings (SSSR count). The molecule has 5 nitrogen and oxygen atoms in total. The second-order valence-electron chi connectivity index (χ2n) is 5.58. The van der Waals surface area contributed by atoms with Gasteiger partial charge in [-0.2, -0.15) is 5.26 Å². The minimum atomic E-state index is -0.279. The van der Waals surface area contributed by atoms with Crippen LogP contribution in [0.15, 0.2) is 29.1 Å². The van der Waals surface area contributed by atoms with Crippen molar-refractivity contribution in [2.75, 3.05) is 5.32 Å². The minimum absolute atomic E-state index is 0.235. The summed E-state index contributed by atoms with van der Waals surface area (Å²) in [6.45, 7) is 0. The van der Waals surface area contributed by atoms with Gasteiger partial charge < -0.3 is 10.3 Å². The molecule has 6 heteroatoms. The van der Waals surface area contributed by atoms with Crippen LogP contribution in [0.2, 0.25) is 0 Å². The fourth-order valence-corrected chi connectivity index (χ4v) is 4.23. The average molecular weight is 322 g/mol. The molecular weight excluding hydrogens is 308 g/mol. The Bertz CT molecular complexity index is 996. The lowest BCUT2D eigenvalue weighted by Gasteiger charge is -2.09. The Hall–Kier alpha value is -2.65. The van der Waals surface area contributed by atoms with Gasteiger partial charge in [-0.1, -0.05) is 12.1 Å². The van der Waals surface area contributed by atoms with Crippen molar-refractivity contribution in [3.05, 3.63) is 50.6 Å². The molecule has 2 N–H and O–H groups in total. The summed E-state index contributed by atoms with van der Waals surface area (Å²) < 4.78 is 0. The highest BCUT2D eigenvalue weighted by Gasteiger charge is 2.21. The zero-order valence-electron chi connectivity index (χ0n) is 12.3. The summed E-state index contributed by atoms with van der Waals surface area (Å²) in [5.74, 6) is 0.235. The lowest BCUT2D eigenvalue weighted by Crippen LogP contribution is -2.13. The van der Waals surface area contributed by atoms with Crippen LogP contribution in [0.5, 0.6) is 0 Å². The molecule has 0 saturated carbocycles. The number of aromatic amines is 1. The number of benzene rings is 1. The Labute approximate surface area is 136 Å². The van der Waals surface area contributed by atoms with Gasteiger partial charge in [-0.25, -0.2) is 4.98 Å². The normalized spacial score (nSPS) is 13.5. The number of hydrogen-bond donors (Lipinski definition) is 2. The van der Waals surface area contributed by atoms with Crippen molar-refractivity contribution in [3.63, 3.8) is 0 Å². The highest BCUT2D eigenvalue weighted by atomic mass is 32.1. The molecule has 0 spiro atoms. The van der Waals surface area contributed by atoms with Crippen LogP contribution >= 0.6 is 11.3 Å². The van der Waals surface area contributed by atoms with Crippen LogP contribution in [-0.2, 0) is 12.8 Å². The van der Waals surface area contributed by atoms with Gasteiger partial charge in [0.15, 0.2) is 5.82 Å². The first kappa shape index (κ1) is 14.0. The predicted molar refractivity (Wildman–Crippen MR) is 91.3 cm³/mol. The number of anilines is 2. The van der Waals surface area contributed by atoms with Gasteiger partial charge in [0, 0.05) is 4.88 Å². The first-order valence-electron chi connectivity index (χ1n) is 7.57. The molecular formula is C17H14N4OS. The van der Waals surface area contributed by atoms with E-state index in [4.69, 9.17) is 0 Å². The molecule has 0 radical (unpaired) electrons. The zero-order chi connectivity index (χ0) is 15.8. The van der Waals surface area contributed by atoms with E-state index in [1.165, 1.54) is 4.88 Å². The Morgan fingerprint density at radius 1 is 1.26 bits per heavy atom. The first-order valence-corrected chi connectivity index (χ1v) is 8.38. The molecule has 1 aliphatic rings. The van der Waals surface area contributed by atoms with Gasteiger partial charge in [0.25, 0.3) is 5.56 Å². The van der Waals surface area contributed by atoms with Gasteiger partial charge in [-0.05, 0) is 43.4 Å². The summed E-state index contributed by atoms with van der Waals surface area (Å²) in [5, 5.41) is 13.3. The quantitative estimate of drug-likeness (QED) is 0.757. The van der Waals surface area contributed by atoms with Crippen molar-refractivity contribution in [2.45, 2.75) is 25.7 Å². The van der Waals surface area contributed by atoms with E-state index in [-0.39, 0.29) is 11.4 Å². The predicted octanol–water partition coefficient (Wildman–Crippen LogP) is 3.48. The van der Waals surface area contributed by atoms with Crippen LogP contribution in [0.25, 0.3) is 11.0 Å². The van der Waals surface area contributed by atoms with E-state index >= 15 is 0 Å². The Morgan fingerprint density at radius 3 is 2.96 bits per heavy atom. The third kappa shape index (κ3) is 2.39. The summed E-state index contributed by atoms with van der Waals surface area (Å²) in [6.07, 6.45) is 4.23. The molecule has 1 aliphatic carbocycles. The number of aromatic nitrogens is 2. The number of nitrogens with one attached hydrogen (secondary N) is 2. The van der Waals surface area contributed by atoms with E-state index in [9.17, 15) is 10.1 Å². The fraction of sp³-hybridized carbons (Fsp3) is 0.235. The summed E-state index contributed by atoms with van der Waals surface area (Å²) >= 11 is 1.57. The van der Waals surface area contributed by atoms with Gasteiger partial charge >= 0.3 is 0 Å². The second kappa shape index (κ2) is 5.52. The summed E-state index contributed by atoms with van der Waals surface area (Å²) in [7, 11) is 0. The summed E-state index contributed by atoms with van der Waals surface area (Å²) in [6, 6.07) is 9.69. The molecule has 0 aliphatic heterocycles. The van der Waals surface area contributed by atoms with E-state index in [0.29, 0.717) is 11.1 Å². The molecule has 0 fully saturated rings. The summed E-state index contributed by atoms with van der Waals surface area (Å²) in [5.41, 5.74) is 2.95. The van der Waals surface area contributed by atoms with E-state index < -0.39 is 0 Å². The average Bonchev–Trinajstić information content (AvgIpc) is 2.92. The molecule has 0 saturated heterocycles. The monoisotopic (exact) mass is 322 g/mol. The third-order valence-corrected chi connectivity index (χ3v) is 5.32. The van der Waals surface area contributed by atoms with Crippen LogP contribution in [0.3, 0.4) is 0 Å². The molecule has 3 aromatic rings. The lowest BCUT2D eigenvalue weighted by molar-refractivity contribution is 0.696. The lowest BCUT2D eigenvalue weighted by atomic mass is 9.96. The van der Waals surface area contributed by atoms with Gasteiger partial charge in [0.05, 0.1) is 16.6 Å². The van der Waals surface area contributed by atoms with E-state index in [0.717, 1.165) is 41.8 Å². The minimum Gasteiger partial charge on any atom is -0.326 e. The number of rotatable bonds is 2. The molecule has 2 heterocycles. The number of para-hydroxylation sites is 2. The first-order chi connectivity index (χ1) is 11.3. The smallest absolute Gasteiger partial charge is 0.291 e. The third-order valence-electron chi connectivity index (χ3n) is 4.11. The van der Waals surface area contributed by atoms with Crippen molar-refractivity contribution in [2.24, 2.45) is 0 Å². The van der Waals surface area contributed by atoms with Crippen LogP contribution in [0.1, 0.15) is 28.8 Å². The van der Waals surface area contributed by atoms with Crippen molar-refractivity contribution >= 4 is 33.2 Å². The van der Waals surface area contributed by atoms with Crippen molar-refractivity contribution < 1.29 is 0 Å². The van der Waals surface area contributed by atoms with Crippen LogP contribution in [-0.4, -0.2) is 9.97 Å². The van der Waals surface area contributed by atoms with Gasteiger partial charge in [0.1, 0.15) is 11.1 Å². The topological polar surface area (TPSA) is 81.6 Å². The number of hydrogen-bond acceptors (Lipinski definition) is 5. The van der Waals surface area contributed by atoms with Gasteiger partial charge in [0.2, 0.25) is 0 Å². The molecule has 0 unspecified atom stereocenters. The molecule has 23 heavy (non-hydrogen) atoms. The maximum absolute atomic E-state index is 12.2. The van der Waals surface area contributed by atoms with Crippen molar-refractivity contribution in [1.82, 2.24) is 9.97 Å². The standard InChI is InChI=1S/C17H14N4OS/c18-9-11-10-5-1-4-8-14(10)23-17(11)21-15-16(22)20-13-7-3-2-6-12(13)19-15/h2-3,6-7H,1,4-5,8H2,(H,19,21)(H,20,22). The molecule has 0 bridgehead atoms. The van der Waals surface area contributed by atoms with Crippen molar-refractivity contribution in [1.29, 1.82) is 5.26 Å². The molecule has 2 aromatic heterocycles. The fourth-order valence-electron chi connectivity index (χ4n) is 2.99. The van der Waals surface area contributed by atoms with Gasteiger partial charge in [-0.15, -0.1) is 11.3 Å². The van der Waals surface area contributed by atoms with Crippen LogP contribution < -0.4 is 10.9 Å².